The minimum atomic E-state index is 0.530. The number of rotatable bonds is 6. The van der Waals surface area contributed by atoms with E-state index in [9.17, 15) is 0 Å². The molecule has 1 saturated heterocycles. The topological polar surface area (TPSA) is 65.1 Å². The van der Waals surface area contributed by atoms with Crippen molar-refractivity contribution in [2.45, 2.75) is 39.2 Å². The molecule has 21 heavy (non-hydrogen) atoms. The molecule has 0 aromatic heterocycles. The van der Waals surface area contributed by atoms with Gasteiger partial charge in [-0.15, -0.1) is 0 Å². The normalized spacial score (nSPS) is 17.1. The Morgan fingerprint density at radius 3 is 2.71 bits per heavy atom. The molecule has 2 rings (SSSR count). The second kappa shape index (κ2) is 7.46. The van der Waals surface area contributed by atoms with Crippen LogP contribution in [-0.4, -0.2) is 36.8 Å². The number of nitrogens with one attached hydrogen (secondary N) is 2. The van der Waals surface area contributed by atoms with E-state index in [1.165, 1.54) is 45.1 Å². The molecular weight excluding hydrogens is 260 g/mol. The number of hydrogen-bond donors (Lipinski definition) is 3. The third-order valence-electron chi connectivity index (χ3n) is 4.22. The fourth-order valence-electron chi connectivity index (χ4n) is 2.77. The van der Waals surface area contributed by atoms with Gasteiger partial charge in [0, 0.05) is 42.3 Å². The second-order valence-corrected chi connectivity index (χ2v) is 6.43. The van der Waals surface area contributed by atoms with Crippen LogP contribution in [0.5, 0.6) is 0 Å². The molecule has 0 radical (unpaired) electrons. The lowest BCUT2D eigenvalue weighted by atomic mass is 10.0. The molecule has 1 aromatic carbocycles. The zero-order valence-electron chi connectivity index (χ0n) is 13.2. The van der Waals surface area contributed by atoms with Gasteiger partial charge in [0.25, 0.3) is 0 Å². The summed E-state index contributed by atoms with van der Waals surface area (Å²) in [7, 11) is 0. The average Bonchev–Trinajstić information content (AvgIpc) is 2.48. The van der Waals surface area contributed by atoms with Crippen molar-refractivity contribution >= 4 is 17.6 Å². The van der Waals surface area contributed by atoms with Gasteiger partial charge in [0.05, 0.1) is 0 Å². The molecule has 116 valence electrons. The van der Waals surface area contributed by atoms with Crippen LogP contribution in [-0.2, 0) is 0 Å². The molecule has 4 N–H and O–H groups in total. The van der Waals surface area contributed by atoms with Crippen LogP contribution in [0.15, 0.2) is 18.2 Å². The quantitative estimate of drug-likeness (QED) is 0.556. The molecular formula is C17H28N4. The van der Waals surface area contributed by atoms with Crippen LogP contribution in [0, 0.1) is 11.3 Å². The SMILES string of the molecule is CC(C)CCN1CCC(Nc2ccc(N)c(C=N)c2)CC1. The lowest BCUT2D eigenvalue weighted by molar-refractivity contribution is 0.208. The second-order valence-electron chi connectivity index (χ2n) is 6.43. The monoisotopic (exact) mass is 288 g/mol. The fourth-order valence-corrected chi connectivity index (χ4v) is 2.77. The van der Waals surface area contributed by atoms with Crippen LogP contribution in [0.4, 0.5) is 11.4 Å². The van der Waals surface area contributed by atoms with Crippen molar-refractivity contribution in [1.82, 2.24) is 4.90 Å². The number of hydrogen-bond acceptors (Lipinski definition) is 4. The molecule has 0 amide bonds. The molecule has 0 bridgehead atoms. The van der Waals surface area contributed by atoms with E-state index < -0.39 is 0 Å². The van der Waals surface area contributed by atoms with Crippen molar-refractivity contribution in [2.24, 2.45) is 5.92 Å². The van der Waals surface area contributed by atoms with Crippen molar-refractivity contribution in [3.05, 3.63) is 23.8 Å². The summed E-state index contributed by atoms with van der Waals surface area (Å²) in [6, 6.07) is 6.38. The van der Waals surface area contributed by atoms with Crippen LogP contribution >= 0.6 is 0 Å². The van der Waals surface area contributed by atoms with Gasteiger partial charge in [0.2, 0.25) is 0 Å². The highest BCUT2D eigenvalue weighted by Gasteiger charge is 2.19. The maximum absolute atomic E-state index is 7.37. The standard InChI is InChI=1S/C17H28N4/c1-13(2)5-8-21-9-6-15(7-10-21)20-16-3-4-17(19)14(11-16)12-18/h3-4,11-13,15,18,20H,5-10,19H2,1-2H3. The molecule has 0 saturated carbocycles. The summed E-state index contributed by atoms with van der Waals surface area (Å²) in [5, 5.41) is 11.0. The Hall–Kier alpha value is -1.55. The molecule has 0 spiro atoms. The summed E-state index contributed by atoms with van der Waals surface area (Å²) in [6.07, 6.45) is 4.97. The van der Waals surface area contributed by atoms with Crippen LogP contribution < -0.4 is 11.1 Å². The highest BCUT2D eigenvalue weighted by atomic mass is 15.1. The first-order chi connectivity index (χ1) is 10.1. The molecule has 1 aliphatic rings. The van der Waals surface area contributed by atoms with E-state index >= 15 is 0 Å². The predicted molar refractivity (Wildman–Crippen MR) is 91.3 cm³/mol. The van der Waals surface area contributed by atoms with E-state index in [4.69, 9.17) is 11.1 Å². The van der Waals surface area contributed by atoms with Gasteiger partial charge in [-0.2, -0.15) is 0 Å². The van der Waals surface area contributed by atoms with Gasteiger partial charge in [-0.1, -0.05) is 13.8 Å². The van der Waals surface area contributed by atoms with E-state index in [0.717, 1.165) is 17.2 Å². The highest BCUT2D eigenvalue weighted by molar-refractivity contribution is 5.86. The molecule has 0 unspecified atom stereocenters. The van der Waals surface area contributed by atoms with Gasteiger partial charge in [0.15, 0.2) is 0 Å². The Labute approximate surface area is 128 Å². The lowest BCUT2D eigenvalue weighted by Gasteiger charge is -2.33. The summed E-state index contributed by atoms with van der Waals surface area (Å²) >= 11 is 0. The Morgan fingerprint density at radius 1 is 1.38 bits per heavy atom. The van der Waals surface area contributed by atoms with Crippen molar-refractivity contribution in [3.8, 4) is 0 Å². The van der Waals surface area contributed by atoms with E-state index in [-0.39, 0.29) is 0 Å². The van der Waals surface area contributed by atoms with Crippen LogP contribution in [0.25, 0.3) is 0 Å². The minimum Gasteiger partial charge on any atom is -0.398 e. The van der Waals surface area contributed by atoms with Crippen molar-refractivity contribution in [3.63, 3.8) is 0 Å². The number of nitrogens with zero attached hydrogens (tertiary/aromatic N) is 1. The van der Waals surface area contributed by atoms with Gasteiger partial charge < -0.3 is 21.4 Å². The van der Waals surface area contributed by atoms with Crippen molar-refractivity contribution in [1.29, 1.82) is 5.41 Å². The average molecular weight is 288 g/mol. The molecule has 4 nitrogen and oxygen atoms in total. The smallest absolute Gasteiger partial charge is 0.0404 e. The van der Waals surface area contributed by atoms with Crippen LogP contribution in [0.1, 0.15) is 38.7 Å². The number of anilines is 2. The fraction of sp³-hybridized carbons (Fsp3) is 0.588. The molecule has 0 atom stereocenters. The lowest BCUT2D eigenvalue weighted by Crippen LogP contribution is -2.39. The molecule has 0 aliphatic carbocycles. The minimum absolute atomic E-state index is 0.530. The largest absolute Gasteiger partial charge is 0.398 e. The summed E-state index contributed by atoms with van der Waals surface area (Å²) in [5.41, 5.74) is 8.35. The van der Waals surface area contributed by atoms with E-state index in [2.05, 4.69) is 24.1 Å². The number of nitrogen functional groups attached to an aromatic ring is 1. The Bertz CT molecular complexity index is 462. The molecule has 1 aromatic rings. The van der Waals surface area contributed by atoms with E-state index in [1.54, 1.807) is 0 Å². The van der Waals surface area contributed by atoms with Crippen molar-refractivity contribution in [2.75, 3.05) is 30.7 Å². The van der Waals surface area contributed by atoms with Gasteiger partial charge in [-0.05, 0) is 49.9 Å². The van der Waals surface area contributed by atoms with Gasteiger partial charge in [-0.25, -0.2) is 0 Å². The molecule has 4 heteroatoms. The maximum Gasteiger partial charge on any atom is 0.0404 e. The number of piperidine rings is 1. The number of nitrogens with two attached hydrogens (primary N) is 1. The molecule has 1 fully saturated rings. The first-order valence-corrected chi connectivity index (χ1v) is 7.97. The van der Waals surface area contributed by atoms with Gasteiger partial charge in [0.1, 0.15) is 0 Å². The van der Waals surface area contributed by atoms with Crippen molar-refractivity contribution < 1.29 is 0 Å². The molecule has 1 heterocycles. The summed E-state index contributed by atoms with van der Waals surface area (Å²) in [5.74, 6) is 0.787. The summed E-state index contributed by atoms with van der Waals surface area (Å²) in [6.45, 7) is 8.16. The third kappa shape index (κ3) is 4.74. The summed E-state index contributed by atoms with van der Waals surface area (Å²) < 4.78 is 0. The third-order valence-corrected chi connectivity index (χ3v) is 4.22. The van der Waals surface area contributed by atoms with Crippen LogP contribution in [0.3, 0.4) is 0 Å². The Kier molecular flexibility index (Phi) is 5.62. The summed E-state index contributed by atoms with van der Waals surface area (Å²) in [4.78, 5) is 2.57. The first-order valence-electron chi connectivity index (χ1n) is 7.97. The van der Waals surface area contributed by atoms with Gasteiger partial charge >= 0.3 is 0 Å². The number of likely N-dealkylation sites (tertiary alicyclic amines) is 1. The van der Waals surface area contributed by atoms with Crippen LogP contribution in [0.2, 0.25) is 0 Å². The zero-order valence-corrected chi connectivity index (χ0v) is 13.2. The zero-order chi connectivity index (χ0) is 15.2. The highest BCUT2D eigenvalue weighted by Crippen LogP contribution is 2.20. The number of benzene rings is 1. The van der Waals surface area contributed by atoms with Gasteiger partial charge in [-0.3, -0.25) is 0 Å². The first kappa shape index (κ1) is 15.8. The Morgan fingerprint density at radius 2 is 2.10 bits per heavy atom. The van der Waals surface area contributed by atoms with E-state index in [0.29, 0.717) is 11.7 Å². The van der Waals surface area contributed by atoms with E-state index in [1.807, 2.05) is 18.2 Å². The Balaban J connectivity index is 1.82. The molecule has 1 aliphatic heterocycles. The predicted octanol–water partition coefficient (Wildman–Crippen LogP) is 3.19. The maximum atomic E-state index is 7.37.